The number of rotatable bonds is 11. The van der Waals surface area contributed by atoms with Crippen LogP contribution >= 0.6 is 23.1 Å². The maximum atomic E-state index is 11.5. The zero-order chi connectivity index (χ0) is 18.6. The summed E-state index contributed by atoms with van der Waals surface area (Å²) in [4.78, 5) is 17.0. The summed E-state index contributed by atoms with van der Waals surface area (Å²) in [6.07, 6.45) is 5.75. The van der Waals surface area contributed by atoms with Crippen molar-refractivity contribution in [3.05, 3.63) is 40.9 Å². The van der Waals surface area contributed by atoms with E-state index in [9.17, 15) is 4.79 Å². The van der Waals surface area contributed by atoms with Gasteiger partial charge < -0.3 is 4.74 Å². The van der Waals surface area contributed by atoms with E-state index < -0.39 is 0 Å². The van der Waals surface area contributed by atoms with Crippen molar-refractivity contribution in [3.63, 3.8) is 0 Å². The molecule has 0 bridgehead atoms. The molecule has 7 heteroatoms. The molecule has 5 nitrogen and oxygen atoms in total. The highest BCUT2D eigenvalue weighted by Gasteiger charge is 2.07. The average Bonchev–Trinajstić information content (AvgIpc) is 3.06. The smallest absolute Gasteiger partial charge is 0.311 e. The Morgan fingerprint density at radius 2 is 2.27 bits per heavy atom. The number of esters is 1. The number of aromatic nitrogens is 1. The van der Waals surface area contributed by atoms with Crippen LogP contribution in [0.1, 0.15) is 44.4 Å². The summed E-state index contributed by atoms with van der Waals surface area (Å²) >= 11 is 3.30. The van der Waals surface area contributed by atoms with Gasteiger partial charge in [0.25, 0.3) is 0 Å². The van der Waals surface area contributed by atoms with Crippen molar-refractivity contribution in [2.24, 2.45) is 5.10 Å². The number of anilines is 1. The summed E-state index contributed by atoms with van der Waals surface area (Å²) in [5.41, 5.74) is 4.65. The molecule has 0 spiro atoms. The van der Waals surface area contributed by atoms with Gasteiger partial charge in [-0.15, -0.1) is 23.1 Å². The highest BCUT2D eigenvalue weighted by molar-refractivity contribution is 7.99. The summed E-state index contributed by atoms with van der Waals surface area (Å²) in [5, 5.41) is 6.73. The van der Waals surface area contributed by atoms with Gasteiger partial charge in [0.05, 0.1) is 24.9 Å². The van der Waals surface area contributed by atoms with Gasteiger partial charge in [-0.2, -0.15) is 5.10 Å². The molecule has 1 aromatic carbocycles. The second-order valence-electron chi connectivity index (χ2n) is 5.62. The van der Waals surface area contributed by atoms with Crippen molar-refractivity contribution in [2.75, 3.05) is 17.8 Å². The predicted molar refractivity (Wildman–Crippen MR) is 110 cm³/mol. The van der Waals surface area contributed by atoms with Gasteiger partial charge in [-0.25, -0.2) is 4.98 Å². The van der Waals surface area contributed by atoms with Crippen molar-refractivity contribution in [2.45, 2.75) is 44.4 Å². The van der Waals surface area contributed by atoms with E-state index >= 15 is 0 Å². The van der Waals surface area contributed by atoms with E-state index in [1.807, 2.05) is 29.3 Å². The standard InChI is InChI=1S/C19H25N3O2S2/c1-3-5-6-10-25-17-9-7-8-15(11-17)13-20-22-19-21-16(14-26-19)12-18(23)24-4-2/h7-9,11,13-14H,3-6,10,12H2,1-2H3,(H,21,22). The number of unbranched alkanes of at least 4 members (excludes halogenated alkanes) is 2. The molecule has 1 heterocycles. The Morgan fingerprint density at radius 1 is 1.38 bits per heavy atom. The number of benzene rings is 1. The molecule has 0 saturated heterocycles. The number of hydrogen-bond donors (Lipinski definition) is 1. The molecule has 2 aromatic rings. The summed E-state index contributed by atoms with van der Waals surface area (Å²) in [7, 11) is 0. The molecule has 0 unspecified atom stereocenters. The van der Waals surface area contributed by atoms with Gasteiger partial charge in [-0.3, -0.25) is 10.2 Å². The van der Waals surface area contributed by atoms with Crippen LogP contribution in [-0.4, -0.2) is 29.5 Å². The molecule has 1 aromatic heterocycles. The first-order valence-corrected chi connectivity index (χ1v) is 10.7. The maximum absolute atomic E-state index is 11.5. The molecule has 0 radical (unpaired) electrons. The molecule has 0 atom stereocenters. The van der Waals surface area contributed by atoms with Gasteiger partial charge in [-0.05, 0) is 36.8 Å². The molecule has 0 fully saturated rings. The van der Waals surface area contributed by atoms with Gasteiger partial charge in [0.15, 0.2) is 0 Å². The van der Waals surface area contributed by atoms with Gasteiger partial charge >= 0.3 is 5.97 Å². The number of thioether (sulfide) groups is 1. The van der Waals surface area contributed by atoms with E-state index in [0.29, 0.717) is 17.4 Å². The molecule has 0 aliphatic heterocycles. The number of thiazole rings is 1. The molecule has 0 saturated carbocycles. The van der Waals surface area contributed by atoms with E-state index in [-0.39, 0.29) is 12.4 Å². The van der Waals surface area contributed by atoms with Crippen LogP contribution in [0, 0.1) is 0 Å². The summed E-state index contributed by atoms with van der Waals surface area (Å²) in [5.74, 6) is 0.885. The molecule has 0 amide bonds. The lowest BCUT2D eigenvalue weighted by molar-refractivity contribution is -0.142. The van der Waals surface area contributed by atoms with Crippen LogP contribution in [-0.2, 0) is 16.0 Å². The van der Waals surface area contributed by atoms with Crippen molar-refractivity contribution >= 4 is 40.4 Å². The SMILES string of the molecule is CCCCCSc1cccc(C=NNc2nc(CC(=O)OCC)cs2)c1. The van der Waals surface area contributed by atoms with Crippen molar-refractivity contribution in [3.8, 4) is 0 Å². The maximum Gasteiger partial charge on any atom is 0.311 e. The van der Waals surface area contributed by atoms with Crippen molar-refractivity contribution in [1.29, 1.82) is 0 Å². The minimum Gasteiger partial charge on any atom is -0.466 e. The number of nitrogens with zero attached hydrogens (tertiary/aromatic N) is 2. The Labute approximate surface area is 163 Å². The van der Waals surface area contributed by atoms with Gasteiger partial charge in [0.2, 0.25) is 5.13 Å². The van der Waals surface area contributed by atoms with Crippen LogP contribution in [0.3, 0.4) is 0 Å². The van der Waals surface area contributed by atoms with E-state index in [4.69, 9.17) is 4.74 Å². The number of carbonyl (C=O) groups is 1. The average molecular weight is 392 g/mol. The largest absolute Gasteiger partial charge is 0.466 e. The van der Waals surface area contributed by atoms with Gasteiger partial charge in [0.1, 0.15) is 0 Å². The van der Waals surface area contributed by atoms with E-state index in [2.05, 4.69) is 34.6 Å². The topological polar surface area (TPSA) is 63.6 Å². The number of hydrazone groups is 1. The summed E-state index contributed by atoms with van der Waals surface area (Å²) in [6, 6.07) is 8.33. The Bertz CT molecular complexity index is 716. The number of hydrogen-bond acceptors (Lipinski definition) is 7. The molecule has 140 valence electrons. The normalized spacial score (nSPS) is 11.0. The fourth-order valence-electron chi connectivity index (χ4n) is 2.19. The molecular formula is C19H25N3O2S2. The van der Waals surface area contributed by atoms with Crippen LogP contribution in [0.5, 0.6) is 0 Å². The van der Waals surface area contributed by atoms with Crippen LogP contribution in [0.25, 0.3) is 0 Å². The van der Waals surface area contributed by atoms with E-state index in [1.54, 1.807) is 13.1 Å². The molecule has 26 heavy (non-hydrogen) atoms. The highest BCUT2D eigenvalue weighted by Crippen LogP contribution is 2.20. The fourth-order valence-corrected chi connectivity index (χ4v) is 3.83. The fraction of sp³-hybridized carbons (Fsp3) is 0.421. The first-order valence-electron chi connectivity index (χ1n) is 8.83. The minimum absolute atomic E-state index is 0.188. The molecule has 2 rings (SSSR count). The molecular weight excluding hydrogens is 366 g/mol. The van der Waals surface area contributed by atoms with Crippen LogP contribution in [0.4, 0.5) is 5.13 Å². The second kappa shape index (κ2) is 11.7. The van der Waals surface area contributed by atoms with E-state index in [1.165, 1.54) is 35.5 Å². The summed E-state index contributed by atoms with van der Waals surface area (Å²) in [6.45, 7) is 4.39. The first kappa shape index (κ1) is 20.5. The van der Waals surface area contributed by atoms with Crippen molar-refractivity contribution < 1.29 is 9.53 Å². The lowest BCUT2D eigenvalue weighted by atomic mass is 10.2. The number of nitrogens with one attached hydrogen (secondary N) is 1. The van der Waals surface area contributed by atoms with Gasteiger partial charge in [0, 0.05) is 10.3 Å². The Kier molecular flexibility index (Phi) is 9.20. The quantitative estimate of drug-likeness (QED) is 0.192. The van der Waals surface area contributed by atoms with Crippen LogP contribution < -0.4 is 5.43 Å². The summed E-state index contributed by atoms with van der Waals surface area (Å²) < 4.78 is 4.92. The second-order valence-corrected chi connectivity index (χ2v) is 7.65. The third kappa shape index (κ3) is 7.58. The third-order valence-corrected chi connectivity index (χ3v) is 5.31. The Balaban J connectivity index is 1.82. The van der Waals surface area contributed by atoms with E-state index in [0.717, 1.165) is 11.3 Å². The first-order chi connectivity index (χ1) is 12.7. The highest BCUT2D eigenvalue weighted by atomic mass is 32.2. The van der Waals surface area contributed by atoms with Gasteiger partial charge in [-0.1, -0.05) is 31.9 Å². The monoisotopic (exact) mass is 391 g/mol. The third-order valence-electron chi connectivity index (χ3n) is 3.43. The lowest BCUT2D eigenvalue weighted by Crippen LogP contribution is -2.07. The lowest BCUT2D eigenvalue weighted by Gasteiger charge is -2.02. The van der Waals surface area contributed by atoms with Crippen LogP contribution in [0.2, 0.25) is 0 Å². The Morgan fingerprint density at radius 3 is 3.08 bits per heavy atom. The Hall–Kier alpha value is -1.86. The minimum atomic E-state index is -0.263. The molecule has 1 N–H and O–H groups in total. The van der Waals surface area contributed by atoms with Crippen molar-refractivity contribution in [1.82, 2.24) is 4.98 Å². The predicted octanol–water partition coefficient (Wildman–Crippen LogP) is 4.98. The molecule has 0 aliphatic rings. The molecule has 0 aliphatic carbocycles. The number of ether oxygens (including phenoxy) is 1. The van der Waals surface area contributed by atoms with Crippen LogP contribution in [0.15, 0.2) is 39.6 Å². The number of carbonyl (C=O) groups excluding carboxylic acids is 1. The zero-order valence-corrected chi connectivity index (χ0v) is 16.9. The zero-order valence-electron chi connectivity index (χ0n) is 15.2.